The molecule has 92 valence electrons. The zero-order chi connectivity index (χ0) is 13.0. The van der Waals surface area contributed by atoms with Gasteiger partial charge >= 0.3 is 113 Å². The number of anilines is 1. The number of hydrogen-bond donors (Lipinski definition) is 0. The third-order valence-corrected chi connectivity index (χ3v) is 4.46. The van der Waals surface area contributed by atoms with Gasteiger partial charge in [0.05, 0.1) is 0 Å². The van der Waals surface area contributed by atoms with Crippen molar-refractivity contribution in [2.45, 2.75) is 0 Å². The molecule has 0 unspecified atom stereocenters. The first-order valence-corrected chi connectivity index (χ1v) is 7.54. The van der Waals surface area contributed by atoms with E-state index in [0.717, 1.165) is 15.7 Å². The van der Waals surface area contributed by atoms with E-state index < -0.39 is 0 Å². The molecule has 0 aliphatic heterocycles. The van der Waals surface area contributed by atoms with Gasteiger partial charge in [-0.25, -0.2) is 0 Å². The molecule has 0 fully saturated rings. The molecule has 1 heterocycles. The Hall–Kier alpha value is -1.57. The van der Waals surface area contributed by atoms with Crippen LogP contribution in [0.3, 0.4) is 0 Å². The van der Waals surface area contributed by atoms with Crippen molar-refractivity contribution in [2.75, 3.05) is 19.0 Å². The maximum absolute atomic E-state index is 11.8. The third kappa shape index (κ3) is 3.22. The summed E-state index contributed by atoms with van der Waals surface area (Å²) in [5.41, 5.74) is 2.21. The number of ketones is 1. The fourth-order valence-corrected chi connectivity index (χ4v) is 2.91. The fourth-order valence-electron chi connectivity index (χ4n) is 1.56. The first-order valence-electron chi connectivity index (χ1n) is 5.70. The van der Waals surface area contributed by atoms with E-state index in [1.165, 1.54) is 0 Å². The molecule has 0 aliphatic carbocycles. The molecule has 0 amide bonds. The predicted octanol–water partition coefficient (Wildman–Crippen LogP) is 2.71. The van der Waals surface area contributed by atoms with Gasteiger partial charge in [0.15, 0.2) is 0 Å². The maximum atomic E-state index is 11.8. The number of hydrogen-bond acceptors (Lipinski definition) is 2. The minimum atomic E-state index is 0.122. The van der Waals surface area contributed by atoms with Gasteiger partial charge in [0.1, 0.15) is 0 Å². The van der Waals surface area contributed by atoms with E-state index in [1.807, 2.05) is 56.6 Å². The monoisotopic (exact) mass is 305 g/mol. The molecule has 0 aliphatic rings. The first-order chi connectivity index (χ1) is 8.66. The predicted molar refractivity (Wildman–Crippen MR) is 77.5 cm³/mol. The average Bonchev–Trinajstić information content (AvgIpc) is 2.90. The van der Waals surface area contributed by atoms with Crippen molar-refractivity contribution in [3.63, 3.8) is 0 Å². The van der Waals surface area contributed by atoms with Crippen molar-refractivity contribution < 1.29 is 4.79 Å². The molecule has 0 N–H and O–H groups in total. The molecule has 3 heteroatoms. The van der Waals surface area contributed by atoms with E-state index in [2.05, 4.69) is 9.84 Å². The minimum absolute atomic E-state index is 0.122. The van der Waals surface area contributed by atoms with Crippen LogP contribution in [0, 0.1) is 0 Å². The summed E-state index contributed by atoms with van der Waals surface area (Å²) < 4.78 is 0.920. The van der Waals surface area contributed by atoms with Crippen LogP contribution in [0.1, 0.15) is 14.8 Å². The van der Waals surface area contributed by atoms with Crippen LogP contribution in [0.2, 0.25) is 0 Å². The van der Waals surface area contributed by atoms with Gasteiger partial charge in [-0.05, 0) is 0 Å². The van der Waals surface area contributed by atoms with Crippen molar-refractivity contribution in [2.24, 2.45) is 0 Å². The molecule has 2 nitrogen and oxygen atoms in total. The second kappa shape index (κ2) is 5.85. The van der Waals surface area contributed by atoms with Gasteiger partial charge in [0.2, 0.25) is 0 Å². The summed E-state index contributed by atoms with van der Waals surface area (Å²) >= 11 is 0.218. The standard InChI is InChI=1S/C15H15NOSe/c1-16(2)13-8-5-12(6-9-13)7-10-14(17)15-4-3-11-18-15/h3-11H,1-2H3. The third-order valence-electron chi connectivity index (χ3n) is 2.60. The van der Waals surface area contributed by atoms with Crippen LogP contribution in [0.5, 0.6) is 0 Å². The van der Waals surface area contributed by atoms with Gasteiger partial charge in [-0.2, -0.15) is 0 Å². The summed E-state index contributed by atoms with van der Waals surface area (Å²) in [6.07, 6.45) is 3.53. The van der Waals surface area contributed by atoms with Gasteiger partial charge in [0, 0.05) is 0 Å². The molecular weight excluding hydrogens is 289 g/mol. The number of benzene rings is 1. The molecule has 0 atom stereocenters. The molecule has 2 aromatic rings. The molecule has 1 aromatic heterocycles. The second-order valence-corrected chi connectivity index (χ2v) is 6.15. The van der Waals surface area contributed by atoms with Gasteiger partial charge in [-0.1, -0.05) is 0 Å². The molecule has 0 radical (unpaired) electrons. The average molecular weight is 304 g/mol. The van der Waals surface area contributed by atoms with Crippen LogP contribution < -0.4 is 4.90 Å². The van der Waals surface area contributed by atoms with Crippen LogP contribution in [0.15, 0.2) is 47.4 Å². The molecule has 1 aromatic carbocycles. The number of rotatable bonds is 4. The SMILES string of the molecule is CN(C)c1ccc(C=CC(=O)c2ccc[se]2)cc1. The summed E-state index contributed by atoms with van der Waals surface area (Å²) in [7, 11) is 4.02. The van der Waals surface area contributed by atoms with E-state index in [0.29, 0.717) is 0 Å². The van der Waals surface area contributed by atoms with Crippen molar-refractivity contribution in [1.82, 2.24) is 0 Å². The molecule has 0 saturated carbocycles. The molecule has 0 saturated heterocycles. The number of allylic oxidation sites excluding steroid dienone is 1. The molecule has 2 rings (SSSR count). The Morgan fingerprint density at radius 3 is 2.44 bits per heavy atom. The Kier molecular flexibility index (Phi) is 4.19. The summed E-state index contributed by atoms with van der Waals surface area (Å²) in [5, 5.41) is 0. The van der Waals surface area contributed by atoms with E-state index >= 15 is 0 Å². The quantitative estimate of drug-likeness (QED) is 0.492. The normalized spacial score (nSPS) is 10.8. The van der Waals surface area contributed by atoms with E-state index in [9.17, 15) is 4.79 Å². The van der Waals surface area contributed by atoms with E-state index in [4.69, 9.17) is 0 Å². The van der Waals surface area contributed by atoms with Crippen LogP contribution in [-0.4, -0.2) is 34.4 Å². The Bertz CT molecular complexity index is 538. The van der Waals surface area contributed by atoms with Crippen molar-refractivity contribution >= 4 is 32.1 Å². The zero-order valence-electron chi connectivity index (χ0n) is 10.5. The summed E-state index contributed by atoms with van der Waals surface area (Å²) in [5.74, 6) is 0.122. The van der Waals surface area contributed by atoms with Crippen molar-refractivity contribution in [3.8, 4) is 0 Å². The number of carbonyl (C=O) groups excluding carboxylic acids is 1. The van der Waals surface area contributed by atoms with Gasteiger partial charge in [-0.3, -0.25) is 0 Å². The molecule has 18 heavy (non-hydrogen) atoms. The molecule has 0 spiro atoms. The van der Waals surface area contributed by atoms with Crippen molar-refractivity contribution in [1.29, 1.82) is 0 Å². The topological polar surface area (TPSA) is 20.3 Å². The summed E-state index contributed by atoms with van der Waals surface area (Å²) in [4.78, 5) is 15.9. The van der Waals surface area contributed by atoms with Crippen molar-refractivity contribution in [3.05, 3.63) is 57.4 Å². The summed E-state index contributed by atoms with van der Waals surface area (Å²) in [6.45, 7) is 0. The number of carbonyl (C=O) groups is 1. The van der Waals surface area contributed by atoms with Gasteiger partial charge in [0.25, 0.3) is 0 Å². The zero-order valence-corrected chi connectivity index (χ0v) is 12.2. The Morgan fingerprint density at radius 1 is 1.17 bits per heavy atom. The van der Waals surface area contributed by atoms with Crippen LogP contribution in [0.4, 0.5) is 5.69 Å². The summed E-state index contributed by atoms with van der Waals surface area (Å²) in [6, 6.07) is 12.0. The van der Waals surface area contributed by atoms with Gasteiger partial charge < -0.3 is 0 Å². The first kappa shape index (κ1) is 12.9. The van der Waals surface area contributed by atoms with E-state index in [-0.39, 0.29) is 20.3 Å². The Labute approximate surface area is 113 Å². The Balaban J connectivity index is 2.07. The fraction of sp³-hybridized carbons (Fsp3) is 0.133. The van der Waals surface area contributed by atoms with Crippen LogP contribution >= 0.6 is 0 Å². The van der Waals surface area contributed by atoms with Gasteiger partial charge in [-0.15, -0.1) is 0 Å². The van der Waals surface area contributed by atoms with E-state index in [1.54, 1.807) is 6.08 Å². The Morgan fingerprint density at radius 2 is 1.89 bits per heavy atom. The van der Waals surface area contributed by atoms with Crippen LogP contribution in [-0.2, 0) is 0 Å². The molecular formula is C15H15NOSe. The second-order valence-electron chi connectivity index (χ2n) is 4.16. The molecule has 0 bridgehead atoms. The number of nitrogens with zero attached hydrogens (tertiary/aromatic N) is 1. The van der Waals surface area contributed by atoms with Crippen LogP contribution in [0.25, 0.3) is 6.08 Å².